The number of halogens is 4. The molecule has 0 saturated carbocycles. The summed E-state index contributed by atoms with van der Waals surface area (Å²) in [5, 5.41) is 2.06. The Balaban J connectivity index is 1.61. The fraction of sp³-hybridized carbons (Fsp3) is 0.263. The highest BCUT2D eigenvalue weighted by molar-refractivity contribution is 6.39. The molecule has 0 bridgehead atoms. The van der Waals surface area contributed by atoms with Gasteiger partial charge < -0.3 is 15.1 Å². The second kappa shape index (κ2) is 7.87. The summed E-state index contributed by atoms with van der Waals surface area (Å²) in [6.45, 7) is 1.29. The van der Waals surface area contributed by atoms with Crippen LogP contribution < -0.4 is 10.2 Å². The van der Waals surface area contributed by atoms with Gasteiger partial charge in [0, 0.05) is 31.9 Å². The lowest BCUT2D eigenvalue weighted by Crippen LogP contribution is -2.51. The summed E-state index contributed by atoms with van der Waals surface area (Å²) in [6, 6.07) is 10.4. The molecule has 1 fully saturated rings. The topological polar surface area (TPSA) is 52.7 Å². The summed E-state index contributed by atoms with van der Waals surface area (Å²) >= 11 is 0. The minimum Gasteiger partial charge on any atom is -0.368 e. The molecule has 1 saturated heterocycles. The second-order valence-electron chi connectivity index (χ2n) is 6.25. The number of hydrogen-bond acceptors (Lipinski definition) is 3. The molecule has 5 nitrogen and oxygen atoms in total. The zero-order chi connectivity index (χ0) is 20.3. The smallest absolute Gasteiger partial charge is 0.368 e. The molecule has 148 valence electrons. The molecule has 0 atom stereocenters. The maximum absolute atomic E-state index is 13.0. The molecule has 0 radical (unpaired) electrons. The van der Waals surface area contributed by atoms with Gasteiger partial charge in [0.2, 0.25) is 0 Å². The van der Waals surface area contributed by atoms with Crippen molar-refractivity contribution in [1.82, 2.24) is 4.90 Å². The van der Waals surface area contributed by atoms with Gasteiger partial charge in [-0.3, -0.25) is 9.59 Å². The number of piperazine rings is 1. The van der Waals surface area contributed by atoms with Gasteiger partial charge in [0.05, 0.1) is 11.3 Å². The third-order valence-electron chi connectivity index (χ3n) is 4.43. The molecular formula is C19H17F4N3O2. The minimum absolute atomic E-state index is 0.227. The molecule has 1 N–H and O–H groups in total. The van der Waals surface area contributed by atoms with Crippen LogP contribution in [-0.2, 0) is 15.8 Å². The van der Waals surface area contributed by atoms with Gasteiger partial charge in [-0.1, -0.05) is 12.1 Å². The molecule has 1 aliphatic heterocycles. The van der Waals surface area contributed by atoms with Crippen LogP contribution in [0.1, 0.15) is 5.56 Å². The number of rotatable bonds is 2. The van der Waals surface area contributed by atoms with Crippen LogP contribution in [0.25, 0.3) is 0 Å². The Morgan fingerprint density at radius 3 is 2.11 bits per heavy atom. The van der Waals surface area contributed by atoms with E-state index in [1.165, 1.54) is 29.2 Å². The van der Waals surface area contributed by atoms with E-state index >= 15 is 0 Å². The van der Waals surface area contributed by atoms with Crippen LogP contribution in [0.15, 0.2) is 48.5 Å². The number of nitrogens with one attached hydrogen (secondary N) is 1. The van der Waals surface area contributed by atoms with E-state index in [0.29, 0.717) is 13.1 Å². The molecule has 2 amide bonds. The first-order valence-corrected chi connectivity index (χ1v) is 8.53. The average molecular weight is 395 g/mol. The van der Waals surface area contributed by atoms with E-state index in [1.54, 1.807) is 12.1 Å². The molecule has 28 heavy (non-hydrogen) atoms. The minimum atomic E-state index is -4.65. The standard InChI is InChI=1S/C19H17F4N3O2/c20-13-5-7-14(8-6-13)25-9-11-26(12-10-25)18(28)17(27)24-16-4-2-1-3-15(16)19(21,22)23/h1-8H,9-12H2,(H,24,27). The summed E-state index contributed by atoms with van der Waals surface area (Å²) < 4.78 is 52.0. The number of amides is 2. The van der Waals surface area contributed by atoms with Crippen LogP contribution in [0, 0.1) is 5.82 Å². The monoisotopic (exact) mass is 395 g/mol. The van der Waals surface area contributed by atoms with Gasteiger partial charge in [-0.25, -0.2) is 4.39 Å². The van der Waals surface area contributed by atoms with E-state index in [4.69, 9.17) is 0 Å². The van der Waals surface area contributed by atoms with Crippen molar-refractivity contribution >= 4 is 23.2 Å². The number of carbonyl (C=O) groups is 2. The molecule has 2 aromatic carbocycles. The van der Waals surface area contributed by atoms with E-state index in [2.05, 4.69) is 5.32 Å². The number of benzene rings is 2. The fourth-order valence-electron chi connectivity index (χ4n) is 2.98. The SMILES string of the molecule is O=C(Nc1ccccc1C(F)(F)F)C(=O)N1CCN(c2ccc(F)cc2)CC1. The van der Waals surface area contributed by atoms with Crippen LogP contribution in [-0.4, -0.2) is 42.9 Å². The van der Waals surface area contributed by atoms with Gasteiger partial charge in [0.25, 0.3) is 0 Å². The molecule has 2 aromatic rings. The molecular weight excluding hydrogens is 378 g/mol. The lowest BCUT2D eigenvalue weighted by atomic mass is 10.1. The third kappa shape index (κ3) is 4.41. The lowest BCUT2D eigenvalue weighted by Gasteiger charge is -2.35. The van der Waals surface area contributed by atoms with E-state index in [1.807, 2.05) is 4.90 Å². The van der Waals surface area contributed by atoms with E-state index in [-0.39, 0.29) is 18.9 Å². The first kappa shape index (κ1) is 19.7. The molecule has 1 aliphatic rings. The van der Waals surface area contributed by atoms with Gasteiger partial charge in [-0.15, -0.1) is 0 Å². The van der Waals surface area contributed by atoms with Crippen LogP contribution in [0.5, 0.6) is 0 Å². The van der Waals surface area contributed by atoms with Crippen LogP contribution >= 0.6 is 0 Å². The zero-order valence-electron chi connectivity index (χ0n) is 14.7. The zero-order valence-corrected chi connectivity index (χ0v) is 14.7. The van der Waals surface area contributed by atoms with Crippen molar-refractivity contribution in [3.8, 4) is 0 Å². The Hall–Kier alpha value is -3.10. The van der Waals surface area contributed by atoms with Crippen molar-refractivity contribution in [1.29, 1.82) is 0 Å². The Labute approximate surface area is 158 Å². The molecule has 9 heteroatoms. The van der Waals surface area contributed by atoms with Crippen molar-refractivity contribution in [2.45, 2.75) is 6.18 Å². The molecule has 0 aliphatic carbocycles. The summed E-state index contributed by atoms with van der Waals surface area (Å²) in [7, 11) is 0. The number of alkyl halides is 3. The Bertz CT molecular complexity index is 860. The maximum Gasteiger partial charge on any atom is 0.418 e. The van der Waals surface area contributed by atoms with Crippen molar-refractivity contribution in [2.75, 3.05) is 36.4 Å². The predicted molar refractivity (Wildman–Crippen MR) is 95.3 cm³/mol. The fourth-order valence-corrected chi connectivity index (χ4v) is 2.98. The quantitative estimate of drug-likeness (QED) is 0.628. The van der Waals surface area contributed by atoms with E-state index in [0.717, 1.165) is 17.8 Å². The highest BCUT2D eigenvalue weighted by atomic mass is 19.4. The first-order valence-electron chi connectivity index (χ1n) is 8.53. The van der Waals surface area contributed by atoms with Gasteiger partial charge in [0.15, 0.2) is 0 Å². The first-order chi connectivity index (χ1) is 13.3. The average Bonchev–Trinajstić information content (AvgIpc) is 2.68. The number of nitrogens with zero attached hydrogens (tertiary/aromatic N) is 2. The van der Waals surface area contributed by atoms with E-state index in [9.17, 15) is 27.2 Å². The van der Waals surface area contributed by atoms with Crippen LogP contribution in [0.3, 0.4) is 0 Å². The maximum atomic E-state index is 13.0. The van der Waals surface area contributed by atoms with Gasteiger partial charge >= 0.3 is 18.0 Å². The predicted octanol–water partition coefficient (Wildman–Crippen LogP) is 3.13. The molecule has 0 aromatic heterocycles. The molecule has 3 rings (SSSR count). The molecule has 0 spiro atoms. The normalized spacial score (nSPS) is 14.7. The van der Waals surface area contributed by atoms with Gasteiger partial charge in [-0.2, -0.15) is 13.2 Å². The van der Waals surface area contributed by atoms with Crippen molar-refractivity contribution < 1.29 is 27.2 Å². The summed E-state index contributed by atoms with van der Waals surface area (Å²) in [5.74, 6) is -2.36. The number of anilines is 2. The largest absolute Gasteiger partial charge is 0.418 e. The Morgan fingerprint density at radius 2 is 1.50 bits per heavy atom. The van der Waals surface area contributed by atoms with Gasteiger partial charge in [-0.05, 0) is 36.4 Å². The van der Waals surface area contributed by atoms with Crippen molar-refractivity contribution in [3.63, 3.8) is 0 Å². The summed E-state index contributed by atoms with van der Waals surface area (Å²) in [5.41, 5.74) is -0.687. The highest BCUT2D eigenvalue weighted by Gasteiger charge is 2.34. The van der Waals surface area contributed by atoms with Crippen molar-refractivity contribution in [2.24, 2.45) is 0 Å². The lowest BCUT2D eigenvalue weighted by molar-refractivity contribution is -0.143. The van der Waals surface area contributed by atoms with Gasteiger partial charge in [0.1, 0.15) is 5.82 Å². The number of carbonyl (C=O) groups excluding carboxylic acids is 2. The number of hydrogen-bond donors (Lipinski definition) is 1. The Kier molecular flexibility index (Phi) is 5.53. The summed E-state index contributed by atoms with van der Waals surface area (Å²) in [4.78, 5) is 27.7. The van der Waals surface area contributed by atoms with Crippen LogP contribution in [0.2, 0.25) is 0 Å². The van der Waals surface area contributed by atoms with Crippen LogP contribution in [0.4, 0.5) is 28.9 Å². The molecule has 1 heterocycles. The molecule has 0 unspecified atom stereocenters. The number of para-hydroxylation sites is 1. The van der Waals surface area contributed by atoms with E-state index < -0.39 is 29.2 Å². The van der Waals surface area contributed by atoms with Crippen molar-refractivity contribution in [3.05, 3.63) is 59.9 Å². The second-order valence-corrected chi connectivity index (χ2v) is 6.25. The third-order valence-corrected chi connectivity index (χ3v) is 4.43. The summed E-state index contributed by atoms with van der Waals surface area (Å²) in [6.07, 6.45) is -4.65. The highest BCUT2D eigenvalue weighted by Crippen LogP contribution is 2.34. The Morgan fingerprint density at radius 1 is 0.893 bits per heavy atom.